The Balaban J connectivity index is 1.93. The van der Waals surface area contributed by atoms with E-state index < -0.39 is 45.8 Å². The zero-order valence-corrected chi connectivity index (χ0v) is 22.3. The highest BCUT2D eigenvalue weighted by Crippen LogP contribution is 2.40. The Labute approximate surface area is 229 Å². The molecule has 2 aromatic rings. The molecule has 1 unspecified atom stereocenters. The molecule has 0 saturated carbocycles. The van der Waals surface area contributed by atoms with Crippen molar-refractivity contribution in [2.24, 2.45) is 10.5 Å². The summed E-state index contributed by atoms with van der Waals surface area (Å²) in [5.74, 6) is -0.815. The number of hydrogen-bond acceptors (Lipinski definition) is 6. The molecule has 0 aliphatic carbocycles. The smallest absolute Gasteiger partial charge is 0.417 e. The Morgan fingerprint density at radius 3 is 2.31 bits per heavy atom. The molecule has 39 heavy (non-hydrogen) atoms. The Hall–Kier alpha value is -2.93. The standard InChI is InChI=1S/C25H24ClF6N3O3S/c1-3-38-22(37)23(10-11-39-2)14-35(13-20(36)33-17-7-5-16(6-8-17)24(27,28)29)34-21(23)15-4-9-18(19(26)12-15)25(30,31)32/h4-9,12H,3,10-11,13-14H2,1-2H3,(H,33,36). The summed E-state index contributed by atoms with van der Waals surface area (Å²) in [5.41, 5.74) is -2.95. The summed E-state index contributed by atoms with van der Waals surface area (Å²) in [6.07, 6.45) is -7.19. The van der Waals surface area contributed by atoms with Gasteiger partial charge < -0.3 is 10.1 Å². The van der Waals surface area contributed by atoms with E-state index in [1.54, 1.807) is 6.92 Å². The number of nitrogens with zero attached hydrogens (tertiary/aromatic N) is 2. The van der Waals surface area contributed by atoms with E-state index in [1.807, 2.05) is 6.26 Å². The Kier molecular flexibility index (Phi) is 9.47. The Bertz CT molecular complexity index is 1240. The fraction of sp³-hybridized carbons (Fsp3) is 0.400. The van der Waals surface area contributed by atoms with Gasteiger partial charge in [-0.3, -0.25) is 14.6 Å². The third kappa shape index (κ3) is 7.18. The highest BCUT2D eigenvalue weighted by atomic mass is 35.5. The second-order valence-corrected chi connectivity index (χ2v) is 10.0. The van der Waals surface area contributed by atoms with Gasteiger partial charge in [-0.2, -0.15) is 43.2 Å². The first-order valence-electron chi connectivity index (χ1n) is 11.6. The molecule has 1 atom stereocenters. The molecule has 14 heteroatoms. The summed E-state index contributed by atoms with van der Waals surface area (Å²) in [5, 5.41) is 7.59. The first kappa shape index (κ1) is 30.6. The number of esters is 1. The molecule has 2 aromatic carbocycles. The predicted molar refractivity (Wildman–Crippen MR) is 137 cm³/mol. The van der Waals surface area contributed by atoms with Crippen LogP contribution >= 0.6 is 23.4 Å². The van der Waals surface area contributed by atoms with Crippen molar-refractivity contribution < 1.29 is 40.7 Å². The van der Waals surface area contributed by atoms with Gasteiger partial charge in [0.05, 0.1) is 35.0 Å². The molecule has 0 saturated heterocycles. The maximum absolute atomic E-state index is 13.3. The Morgan fingerprint density at radius 2 is 1.77 bits per heavy atom. The highest BCUT2D eigenvalue weighted by molar-refractivity contribution is 7.98. The number of alkyl halides is 6. The quantitative estimate of drug-likeness (QED) is 0.271. The molecule has 0 radical (unpaired) electrons. The summed E-state index contributed by atoms with van der Waals surface area (Å²) in [6.45, 7) is 1.14. The minimum Gasteiger partial charge on any atom is -0.465 e. The van der Waals surface area contributed by atoms with Crippen molar-refractivity contribution in [1.82, 2.24) is 5.01 Å². The minimum atomic E-state index is -4.69. The number of amides is 1. The van der Waals surface area contributed by atoms with Crippen LogP contribution in [0, 0.1) is 5.41 Å². The lowest BCUT2D eigenvalue weighted by molar-refractivity contribution is -0.151. The number of carbonyl (C=O) groups is 2. The van der Waals surface area contributed by atoms with Crippen molar-refractivity contribution in [3.8, 4) is 0 Å². The van der Waals surface area contributed by atoms with Gasteiger partial charge in [-0.25, -0.2) is 0 Å². The lowest BCUT2D eigenvalue weighted by Crippen LogP contribution is -2.44. The van der Waals surface area contributed by atoms with Crippen LogP contribution in [0.1, 0.15) is 30.0 Å². The van der Waals surface area contributed by atoms with Gasteiger partial charge in [0.25, 0.3) is 0 Å². The van der Waals surface area contributed by atoms with E-state index in [4.69, 9.17) is 16.3 Å². The van der Waals surface area contributed by atoms with Gasteiger partial charge in [-0.15, -0.1) is 0 Å². The number of carbonyl (C=O) groups excluding carboxylic acids is 2. The van der Waals surface area contributed by atoms with Crippen LogP contribution in [0.2, 0.25) is 5.02 Å². The molecule has 0 bridgehead atoms. The van der Waals surface area contributed by atoms with E-state index in [0.717, 1.165) is 42.5 Å². The molecular weight excluding hydrogens is 572 g/mol. The van der Waals surface area contributed by atoms with Gasteiger partial charge in [0, 0.05) is 11.3 Å². The van der Waals surface area contributed by atoms with E-state index >= 15 is 0 Å². The van der Waals surface area contributed by atoms with Crippen molar-refractivity contribution in [3.05, 3.63) is 64.2 Å². The van der Waals surface area contributed by atoms with Gasteiger partial charge in [-0.1, -0.05) is 17.7 Å². The van der Waals surface area contributed by atoms with Crippen LogP contribution in [-0.4, -0.2) is 54.3 Å². The number of halogens is 7. The number of rotatable bonds is 9. The molecule has 1 N–H and O–H groups in total. The molecule has 0 aromatic heterocycles. The van der Waals surface area contributed by atoms with Crippen molar-refractivity contribution in [2.45, 2.75) is 25.7 Å². The lowest BCUT2D eigenvalue weighted by atomic mass is 9.77. The van der Waals surface area contributed by atoms with Gasteiger partial charge >= 0.3 is 18.3 Å². The molecule has 0 spiro atoms. The first-order chi connectivity index (χ1) is 18.2. The Morgan fingerprint density at radius 1 is 1.10 bits per heavy atom. The van der Waals surface area contributed by atoms with Crippen LogP contribution in [0.25, 0.3) is 0 Å². The van der Waals surface area contributed by atoms with E-state index in [-0.39, 0.29) is 43.1 Å². The molecule has 1 heterocycles. The van der Waals surface area contributed by atoms with Gasteiger partial charge in [0.2, 0.25) is 5.91 Å². The van der Waals surface area contributed by atoms with Crippen molar-refractivity contribution >= 4 is 46.6 Å². The molecule has 3 rings (SSSR count). The third-order valence-corrected chi connectivity index (χ3v) is 6.84. The second kappa shape index (κ2) is 12.1. The summed E-state index contributed by atoms with van der Waals surface area (Å²) >= 11 is 7.37. The zero-order chi connectivity index (χ0) is 29.0. The van der Waals surface area contributed by atoms with Crippen molar-refractivity contribution in [2.75, 3.05) is 37.0 Å². The number of hydrazone groups is 1. The van der Waals surface area contributed by atoms with Crippen LogP contribution < -0.4 is 5.32 Å². The second-order valence-electron chi connectivity index (χ2n) is 8.63. The lowest BCUT2D eigenvalue weighted by Gasteiger charge is -2.29. The predicted octanol–water partition coefficient (Wildman–Crippen LogP) is 6.34. The van der Waals surface area contributed by atoms with Crippen molar-refractivity contribution in [1.29, 1.82) is 0 Å². The van der Waals surface area contributed by atoms with Crippen molar-refractivity contribution in [3.63, 3.8) is 0 Å². The van der Waals surface area contributed by atoms with Crippen LogP contribution in [0.3, 0.4) is 0 Å². The summed E-state index contributed by atoms with van der Waals surface area (Å²) < 4.78 is 83.5. The monoisotopic (exact) mass is 595 g/mol. The van der Waals surface area contributed by atoms with Gasteiger partial charge in [0.1, 0.15) is 12.0 Å². The fourth-order valence-corrected chi connectivity index (χ4v) is 4.93. The number of benzene rings is 2. The molecule has 212 valence electrons. The van der Waals surface area contributed by atoms with Crippen LogP contribution in [0.4, 0.5) is 32.0 Å². The average Bonchev–Trinajstić information content (AvgIpc) is 3.20. The summed E-state index contributed by atoms with van der Waals surface area (Å²) in [7, 11) is 0. The number of hydrogen-bond donors (Lipinski definition) is 1. The molecule has 1 aliphatic rings. The van der Waals surface area contributed by atoms with Crippen LogP contribution in [0.5, 0.6) is 0 Å². The first-order valence-corrected chi connectivity index (χ1v) is 13.3. The van der Waals surface area contributed by atoms with E-state index in [0.29, 0.717) is 5.75 Å². The highest BCUT2D eigenvalue weighted by Gasteiger charge is 2.51. The van der Waals surface area contributed by atoms with E-state index in [1.165, 1.54) is 16.8 Å². The normalized spacial score (nSPS) is 17.7. The zero-order valence-electron chi connectivity index (χ0n) is 20.8. The number of nitrogens with one attached hydrogen (secondary N) is 1. The number of anilines is 1. The number of ether oxygens (including phenoxy) is 1. The maximum Gasteiger partial charge on any atom is 0.417 e. The van der Waals surface area contributed by atoms with Gasteiger partial charge in [-0.05, 0) is 61.8 Å². The molecule has 1 amide bonds. The fourth-order valence-electron chi connectivity index (χ4n) is 4.09. The molecule has 0 fully saturated rings. The third-order valence-electron chi connectivity index (χ3n) is 5.92. The van der Waals surface area contributed by atoms with Crippen LogP contribution in [-0.2, 0) is 26.7 Å². The maximum atomic E-state index is 13.3. The SMILES string of the molecule is CCOC(=O)C1(CCSC)CN(CC(=O)Nc2ccc(C(F)(F)F)cc2)N=C1c1ccc(C(F)(F)F)c(Cl)c1. The molecular formula is C25H24ClF6N3O3S. The largest absolute Gasteiger partial charge is 0.465 e. The average molecular weight is 596 g/mol. The summed E-state index contributed by atoms with van der Waals surface area (Å²) in [4.78, 5) is 26.0. The van der Waals surface area contributed by atoms with Crippen LogP contribution in [0.15, 0.2) is 47.6 Å². The van der Waals surface area contributed by atoms with E-state index in [2.05, 4.69) is 10.4 Å². The molecule has 6 nitrogen and oxygen atoms in total. The van der Waals surface area contributed by atoms with Gasteiger partial charge in [0.15, 0.2) is 0 Å². The minimum absolute atomic E-state index is 0.0370. The summed E-state index contributed by atoms with van der Waals surface area (Å²) in [6, 6.07) is 6.88. The topological polar surface area (TPSA) is 71.0 Å². The van der Waals surface area contributed by atoms with E-state index in [9.17, 15) is 35.9 Å². The molecule has 1 aliphatic heterocycles. The number of thioether (sulfide) groups is 1.